The Morgan fingerprint density at radius 3 is 2.57 bits per heavy atom. The molecule has 144 valence electrons. The van der Waals surface area contributed by atoms with Gasteiger partial charge >= 0.3 is 6.18 Å². The third kappa shape index (κ3) is 4.64. The molecule has 0 aliphatic heterocycles. The summed E-state index contributed by atoms with van der Waals surface area (Å²) in [6, 6.07) is 9.94. The Bertz CT molecular complexity index is 973. The van der Waals surface area contributed by atoms with Gasteiger partial charge in [0.05, 0.1) is 18.2 Å². The summed E-state index contributed by atoms with van der Waals surface area (Å²) in [6.45, 7) is -0.0307. The zero-order valence-electron chi connectivity index (χ0n) is 14.8. The lowest BCUT2D eigenvalue weighted by atomic mass is 10.1. The minimum atomic E-state index is -4.43. The molecule has 28 heavy (non-hydrogen) atoms. The Hall–Kier alpha value is -3.42. The normalized spacial score (nSPS) is 11.1. The summed E-state index contributed by atoms with van der Waals surface area (Å²) in [4.78, 5) is 20.5. The predicted molar refractivity (Wildman–Crippen MR) is 96.6 cm³/mol. The lowest BCUT2D eigenvalue weighted by molar-refractivity contribution is -0.137. The van der Waals surface area contributed by atoms with Gasteiger partial charge in [0.2, 0.25) is 5.88 Å². The molecule has 0 unspecified atom stereocenters. The third-order valence-electron chi connectivity index (χ3n) is 3.99. The molecule has 0 atom stereocenters. The summed E-state index contributed by atoms with van der Waals surface area (Å²) >= 11 is 0. The van der Waals surface area contributed by atoms with Gasteiger partial charge in [0.25, 0.3) is 5.91 Å². The molecular formula is C20H16F3N3O2. The predicted octanol–water partition coefficient (Wildman–Crippen LogP) is 4.10. The second-order valence-corrected chi connectivity index (χ2v) is 5.93. The number of hydrogen-bond donors (Lipinski definition) is 1. The molecule has 2 heterocycles. The van der Waals surface area contributed by atoms with Crippen LogP contribution >= 0.6 is 0 Å². The molecule has 0 saturated carbocycles. The summed E-state index contributed by atoms with van der Waals surface area (Å²) in [5, 5.41) is 2.61. The van der Waals surface area contributed by atoms with E-state index < -0.39 is 17.6 Å². The van der Waals surface area contributed by atoms with Crippen LogP contribution in [0.25, 0.3) is 11.1 Å². The number of alkyl halides is 3. The number of rotatable bonds is 5. The summed E-state index contributed by atoms with van der Waals surface area (Å²) in [6.07, 6.45) is 0.153. The van der Waals surface area contributed by atoms with Gasteiger partial charge < -0.3 is 10.1 Å². The van der Waals surface area contributed by atoms with Crippen LogP contribution in [-0.2, 0) is 12.7 Å². The van der Waals surface area contributed by atoms with Crippen LogP contribution in [0.4, 0.5) is 13.2 Å². The fourth-order valence-corrected chi connectivity index (χ4v) is 2.54. The number of halogens is 3. The second-order valence-electron chi connectivity index (χ2n) is 5.93. The van der Waals surface area contributed by atoms with Crippen molar-refractivity contribution >= 4 is 5.91 Å². The van der Waals surface area contributed by atoms with Gasteiger partial charge in [-0.2, -0.15) is 13.2 Å². The molecule has 2 aromatic heterocycles. The number of hydrogen-bond acceptors (Lipinski definition) is 4. The number of nitrogens with one attached hydrogen (secondary N) is 1. The average Bonchev–Trinajstić information content (AvgIpc) is 2.72. The van der Waals surface area contributed by atoms with E-state index in [9.17, 15) is 18.0 Å². The highest BCUT2D eigenvalue weighted by atomic mass is 19.4. The van der Waals surface area contributed by atoms with E-state index in [-0.39, 0.29) is 6.54 Å². The van der Waals surface area contributed by atoms with Gasteiger partial charge in [0.15, 0.2) is 0 Å². The van der Waals surface area contributed by atoms with E-state index >= 15 is 0 Å². The summed E-state index contributed by atoms with van der Waals surface area (Å²) in [7, 11) is 1.51. The molecule has 5 nitrogen and oxygen atoms in total. The largest absolute Gasteiger partial charge is 0.481 e. The highest BCUT2D eigenvalue weighted by Crippen LogP contribution is 2.29. The molecule has 0 fully saturated rings. The number of amides is 1. The van der Waals surface area contributed by atoms with Crippen molar-refractivity contribution < 1.29 is 22.7 Å². The van der Waals surface area contributed by atoms with Gasteiger partial charge in [0.1, 0.15) is 0 Å². The highest BCUT2D eigenvalue weighted by Gasteiger charge is 2.30. The molecule has 0 radical (unpaired) electrons. The fraction of sp³-hybridized carbons (Fsp3) is 0.150. The highest BCUT2D eigenvalue weighted by molar-refractivity contribution is 5.95. The fourth-order valence-electron chi connectivity index (χ4n) is 2.54. The second kappa shape index (κ2) is 8.08. The molecule has 3 aromatic rings. The van der Waals surface area contributed by atoms with Crippen LogP contribution in [0, 0.1) is 0 Å². The van der Waals surface area contributed by atoms with Crippen LogP contribution in [-0.4, -0.2) is 23.0 Å². The molecule has 0 saturated heterocycles. The van der Waals surface area contributed by atoms with Gasteiger partial charge in [-0.25, -0.2) is 4.98 Å². The number of nitrogens with zero attached hydrogens (tertiary/aromatic N) is 2. The van der Waals surface area contributed by atoms with Crippen LogP contribution in [0.2, 0.25) is 0 Å². The van der Waals surface area contributed by atoms with Crippen LogP contribution < -0.4 is 10.1 Å². The van der Waals surface area contributed by atoms with Gasteiger partial charge in [0, 0.05) is 42.3 Å². The third-order valence-corrected chi connectivity index (χ3v) is 3.99. The maximum Gasteiger partial charge on any atom is 0.416 e. The van der Waals surface area contributed by atoms with E-state index in [0.29, 0.717) is 22.6 Å². The summed E-state index contributed by atoms with van der Waals surface area (Å²) in [5.74, 6) is 0.0277. The molecule has 0 bridgehead atoms. The first-order valence-electron chi connectivity index (χ1n) is 8.26. The quantitative estimate of drug-likeness (QED) is 0.716. The lowest BCUT2D eigenvalue weighted by Crippen LogP contribution is -2.23. The summed E-state index contributed by atoms with van der Waals surface area (Å²) < 4.78 is 43.3. The Labute approximate surface area is 159 Å². The zero-order chi connectivity index (χ0) is 20.1. The maximum atomic E-state index is 12.8. The van der Waals surface area contributed by atoms with Crippen LogP contribution in [0.1, 0.15) is 21.5 Å². The summed E-state index contributed by atoms with van der Waals surface area (Å²) in [5.41, 5.74) is 1.32. The van der Waals surface area contributed by atoms with E-state index in [0.717, 1.165) is 17.7 Å². The van der Waals surface area contributed by atoms with Gasteiger partial charge in [-0.15, -0.1) is 0 Å². The van der Waals surface area contributed by atoms with Crippen molar-refractivity contribution in [1.82, 2.24) is 15.3 Å². The zero-order valence-corrected chi connectivity index (χ0v) is 14.8. The van der Waals surface area contributed by atoms with Crippen molar-refractivity contribution in [3.8, 4) is 17.0 Å². The van der Waals surface area contributed by atoms with Crippen molar-refractivity contribution in [2.24, 2.45) is 0 Å². The Morgan fingerprint density at radius 2 is 1.89 bits per heavy atom. The minimum Gasteiger partial charge on any atom is -0.481 e. The van der Waals surface area contributed by atoms with Crippen LogP contribution in [0.15, 0.2) is 61.1 Å². The topological polar surface area (TPSA) is 64.1 Å². The Morgan fingerprint density at radius 1 is 1.07 bits per heavy atom. The van der Waals surface area contributed by atoms with Crippen molar-refractivity contribution in [1.29, 1.82) is 0 Å². The standard InChI is InChI=1S/C20H16F3N3O2/c1-28-18-6-5-14(12-25-18)15-8-16(11-24-10-15)19(27)26-9-13-3-2-4-17(7-13)20(21,22)23/h2-8,10-12H,9H2,1H3,(H,26,27). The first-order chi connectivity index (χ1) is 13.4. The van der Waals surface area contributed by atoms with Gasteiger partial charge in [-0.05, 0) is 29.8 Å². The van der Waals surface area contributed by atoms with Crippen molar-refractivity contribution in [3.63, 3.8) is 0 Å². The molecule has 0 spiro atoms. The van der Waals surface area contributed by atoms with Crippen LogP contribution in [0.3, 0.4) is 0 Å². The van der Waals surface area contributed by atoms with Crippen molar-refractivity contribution in [2.45, 2.75) is 12.7 Å². The number of carbonyl (C=O) groups is 1. The molecule has 0 aliphatic rings. The average molecular weight is 387 g/mol. The molecule has 1 aromatic carbocycles. The number of methoxy groups -OCH3 is 1. The first-order valence-corrected chi connectivity index (χ1v) is 8.26. The number of pyridine rings is 2. The smallest absolute Gasteiger partial charge is 0.416 e. The molecule has 1 amide bonds. The van der Waals surface area contributed by atoms with Crippen molar-refractivity contribution in [2.75, 3.05) is 7.11 Å². The Balaban J connectivity index is 1.71. The van der Waals surface area contributed by atoms with E-state index in [2.05, 4.69) is 15.3 Å². The molecule has 8 heteroatoms. The molecule has 1 N–H and O–H groups in total. The van der Waals surface area contributed by atoms with Gasteiger partial charge in [-0.3, -0.25) is 9.78 Å². The number of carbonyl (C=O) groups excluding carboxylic acids is 1. The Kier molecular flexibility index (Phi) is 5.58. The van der Waals surface area contributed by atoms with E-state index in [4.69, 9.17) is 4.74 Å². The molecule has 3 rings (SSSR count). The van der Waals surface area contributed by atoms with E-state index in [1.807, 2.05) is 0 Å². The van der Waals surface area contributed by atoms with Crippen LogP contribution in [0.5, 0.6) is 5.88 Å². The van der Waals surface area contributed by atoms with Crippen molar-refractivity contribution in [3.05, 3.63) is 77.7 Å². The SMILES string of the molecule is COc1ccc(-c2cncc(C(=O)NCc3cccc(C(F)(F)F)c3)c2)cn1. The lowest BCUT2D eigenvalue weighted by Gasteiger charge is -2.10. The van der Waals surface area contributed by atoms with E-state index in [1.54, 1.807) is 30.6 Å². The van der Waals surface area contributed by atoms with E-state index in [1.165, 1.54) is 25.4 Å². The molecule has 0 aliphatic carbocycles. The first kappa shape index (κ1) is 19.3. The number of ether oxygens (including phenoxy) is 1. The molecular weight excluding hydrogens is 371 g/mol. The number of aromatic nitrogens is 2. The number of benzene rings is 1. The van der Waals surface area contributed by atoms with Gasteiger partial charge in [-0.1, -0.05) is 12.1 Å². The minimum absolute atomic E-state index is 0.0307. The maximum absolute atomic E-state index is 12.8. The monoisotopic (exact) mass is 387 g/mol.